The first-order valence-electron chi connectivity index (χ1n) is 17.3. The van der Waals surface area contributed by atoms with E-state index >= 15 is 0 Å². The lowest BCUT2D eigenvalue weighted by Crippen LogP contribution is -2.00. The number of nitrogens with one attached hydrogen (secondary N) is 2. The Labute approximate surface area is 294 Å². The molecule has 2 atom stereocenters. The van der Waals surface area contributed by atoms with Crippen LogP contribution in [0.2, 0.25) is 0 Å². The first-order valence-corrected chi connectivity index (χ1v) is 17.3. The van der Waals surface area contributed by atoms with Gasteiger partial charge in [-0.2, -0.15) is 0 Å². The van der Waals surface area contributed by atoms with E-state index in [2.05, 4.69) is 75.8 Å². The van der Waals surface area contributed by atoms with Crippen LogP contribution >= 0.6 is 0 Å². The maximum atomic E-state index is 12.0. The minimum Gasteiger partial charge on any atom is -0.469 e. The van der Waals surface area contributed by atoms with Crippen LogP contribution < -0.4 is 0 Å². The molecule has 0 spiro atoms. The van der Waals surface area contributed by atoms with E-state index in [1.54, 1.807) is 14.2 Å². The summed E-state index contributed by atoms with van der Waals surface area (Å²) >= 11 is 0. The molecule has 10 nitrogen and oxygen atoms in total. The predicted molar refractivity (Wildman–Crippen MR) is 198 cm³/mol. The molecule has 0 fully saturated rings. The van der Waals surface area contributed by atoms with E-state index in [-0.39, 0.29) is 24.1 Å². The molecule has 0 radical (unpaired) electrons. The van der Waals surface area contributed by atoms with Gasteiger partial charge < -0.3 is 28.9 Å². The van der Waals surface area contributed by atoms with Crippen molar-refractivity contribution in [2.24, 2.45) is 0 Å². The fourth-order valence-electron chi connectivity index (χ4n) is 7.08. The predicted octanol–water partition coefficient (Wildman–Crippen LogP) is 8.89. The van der Waals surface area contributed by atoms with Crippen molar-refractivity contribution in [2.45, 2.75) is 92.3 Å². The average molecular weight is 683 g/mol. The standard InChI is InChI=1S/C40H50N4O6/c1-21-27(13-11-15-37(45)49-9)33-20-34-28(14-12-16-38(46)50-10)22(2)30(42-34)18-35-40(26(6)48-8)24(4)32(44-35)19-36-39(25(5)47-7)23(3)31(43-36)17-29(21)41-33/h17-20,25-26,43-44H,11-16H2,1-10H3. The highest BCUT2D eigenvalue weighted by Crippen LogP contribution is 2.39. The number of nitrogens with zero attached hydrogens (tertiary/aromatic N) is 2. The molecule has 50 heavy (non-hydrogen) atoms. The molecular weight excluding hydrogens is 632 g/mol. The third kappa shape index (κ3) is 7.32. The Morgan fingerprint density at radius 3 is 1.42 bits per heavy atom. The molecule has 2 unspecified atom stereocenters. The van der Waals surface area contributed by atoms with Crippen LogP contribution in [0.5, 0.6) is 0 Å². The van der Waals surface area contributed by atoms with E-state index in [1.165, 1.54) is 14.2 Å². The summed E-state index contributed by atoms with van der Waals surface area (Å²) in [5.41, 5.74) is 15.6. The van der Waals surface area contributed by atoms with Gasteiger partial charge in [-0.3, -0.25) is 9.59 Å². The summed E-state index contributed by atoms with van der Waals surface area (Å²) in [6, 6.07) is 8.41. The van der Waals surface area contributed by atoms with Crippen LogP contribution in [0.4, 0.5) is 0 Å². The highest BCUT2D eigenvalue weighted by molar-refractivity contribution is 5.95. The van der Waals surface area contributed by atoms with Gasteiger partial charge in [-0.1, -0.05) is 0 Å². The Bertz CT molecular complexity index is 2030. The van der Waals surface area contributed by atoms with Gasteiger partial charge in [-0.05, 0) is 125 Å². The van der Waals surface area contributed by atoms with Crippen LogP contribution in [0, 0.1) is 13.8 Å². The molecule has 0 aromatic carbocycles. The molecule has 3 aromatic rings. The molecule has 0 saturated carbocycles. The molecule has 5 heterocycles. The van der Waals surface area contributed by atoms with Crippen molar-refractivity contribution < 1.29 is 28.5 Å². The quantitative estimate of drug-likeness (QED) is 0.181. The molecule has 10 heteroatoms. The minimum absolute atomic E-state index is 0.154. The topological polar surface area (TPSA) is 128 Å². The molecule has 266 valence electrons. The second kappa shape index (κ2) is 15.6. The third-order valence-electron chi connectivity index (χ3n) is 10.2. The highest BCUT2D eigenvalue weighted by Gasteiger charge is 2.24. The number of rotatable bonds is 12. The summed E-state index contributed by atoms with van der Waals surface area (Å²) in [4.78, 5) is 41.8. The zero-order valence-corrected chi connectivity index (χ0v) is 31.1. The highest BCUT2D eigenvalue weighted by atomic mass is 16.5. The van der Waals surface area contributed by atoms with Crippen molar-refractivity contribution in [3.63, 3.8) is 0 Å². The number of aryl methyl sites for hydroxylation is 2. The number of allylic oxidation sites excluding steroid dienone is 4. The number of aromatic amines is 2. The summed E-state index contributed by atoms with van der Waals surface area (Å²) in [7, 11) is 6.28. The van der Waals surface area contributed by atoms with Gasteiger partial charge in [0.15, 0.2) is 0 Å². The fraction of sp³-hybridized carbons (Fsp3) is 0.450. The number of hydrogen-bond acceptors (Lipinski definition) is 8. The molecular formula is C40H50N4O6. The first kappa shape index (κ1) is 36.7. The smallest absolute Gasteiger partial charge is 0.305 e. The lowest BCUT2D eigenvalue weighted by Gasteiger charge is -2.10. The number of aromatic nitrogens is 4. The number of esters is 2. The van der Waals surface area contributed by atoms with E-state index in [1.807, 2.05) is 0 Å². The Balaban J connectivity index is 1.87. The maximum absolute atomic E-state index is 12.0. The van der Waals surface area contributed by atoms with Crippen LogP contribution in [0.1, 0.15) is 123 Å². The van der Waals surface area contributed by atoms with Gasteiger partial charge >= 0.3 is 11.9 Å². The fourth-order valence-corrected chi connectivity index (χ4v) is 7.08. The van der Waals surface area contributed by atoms with Crippen molar-refractivity contribution in [3.05, 3.63) is 69.3 Å². The Kier molecular flexibility index (Phi) is 11.4. The Morgan fingerprint density at radius 1 is 0.600 bits per heavy atom. The van der Waals surface area contributed by atoms with E-state index < -0.39 is 0 Å². The van der Waals surface area contributed by atoms with Crippen LogP contribution in [-0.4, -0.2) is 60.3 Å². The number of hydrogen-bond donors (Lipinski definition) is 2. The van der Waals surface area contributed by atoms with E-state index in [0.717, 1.165) is 89.4 Å². The van der Waals surface area contributed by atoms with E-state index in [0.29, 0.717) is 38.5 Å². The first-order chi connectivity index (χ1) is 23.9. The number of methoxy groups -OCH3 is 4. The second-order valence-electron chi connectivity index (χ2n) is 13.1. The van der Waals surface area contributed by atoms with Gasteiger partial charge in [0.25, 0.3) is 0 Å². The summed E-state index contributed by atoms with van der Waals surface area (Å²) in [6.07, 6.45) is 2.87. The van der Waals surface area contributed by atoms with E-state index in [4.69, 9.17) is 28.9 Å². The van der Waals surface area contributed by atoms with Crippen molar-refractivity contribution >= 4 is 56.3 Å². The molecule has 2 aliphatic heterocycles. The van der Waals surface area contributed by atoms with Crippen molar-refractivity contribution in [2.75, 3.05) is 28.4 Å². The lowest BCUT2D eigenvalue weighted by atomic mass is 9.97. The van der Waals surface area contributed by atoms with Gasteiger partial charge in [0.1, 0.15) is 0 Å². The summed E-state index contributed by atoms with van der Waals surface area (Å²) in [5.74, 6) is -0.470. The van der Waals surface area contributed by atoms with Gasteiger partial charge in [0, 0.05) is 60.3 Å². The van der Waals surface area contributed by atoms with Gasteiger partial charge in [0.05, 0.1) is 49.2 Å². The number of ether oxygens (including phenoxy) is 4. The molecule has 0 saturated heterocycles. The average Bonchev–Trinajstić information content (AvgIpc) is 3.77. The lowest BCUT2D eigenvalue weighted by molar-refractivity contribution is -0.141. The number of fused-ring (bicyclic) bond motifs is 8. The molecule has 0 aliphatic carbocycles. The molecule has 3 aromatic heterocycles. The Hall–Kier alpha value is -4.54. The van der Waals surface area contributed by atoms with Crippen LogP contribution in [0.3, 0.4) is 0 Å². The maximum Gasteiger partial charge on any atom is 0.305 e. The summed E-state index contributed by atoms with van der Waals surface area (Å²) in [5, 5.41) is 0. The second-order valence-corrected chi connectivity index (χ2v) is 13.1. The molecule has 8 bridgehead atoms. The minimum atomic E-state index is -0.235. The monoisotopic (exact) mass is 682 g/mol. The molecule has 0 amide bonds. The molecule has 5 rings (SSSR count). The summed E-state index contributed by atoms with van der Waals surface area (Å²) < 4.78 is 21.6. The van der Waals surface area contributed by atoms with Crippen molar-refractivity contribution in [3.8, 4) is 0 Å². The Morgan fingerprint density at radius 2 is 1.00 bits per heavy atom. The van der Waals surface area contributed by atoms with Crippen LogP contribution in [0.15, 0.2) is 24.3 Å². The summed E-state index contributed by atoms with van der Waals surface area (Å²) in [6.45, 7) is 12.5. The molecule has 2 aliphatic rings. The van der Waals surface area contributed by atoms with Crippen molar-refractivity contribution in [1.29, 1.82) is 0 Å². The number of carbonyl (C=O) groups excluding carboxylic acids is 2. The number of carbonyl (C=O) groups is 2. The van der Waals surface area contributed by atoms with Crippen LogP contribution in [0.25, 0.3) is 44.4 Å². The SMILES string of the molecule is COC(=O)CCCC1=C(C)c2cc3[nH]c(cc4[nH]c(cc5nc(cc1n2)C(CCCC(=O)OC)=C5C)c(C(C)OC)c4C)c(C(C)OC)c3C. The molecule has 2 N–H and O–H groups in total. The van der Waals surface area contributed by atoms with Crippen LogP contribution in [-0.2, 0) is 28.5 Å². The van der Waals surface area contributed by atoms with E-state index in [9.17, 15) is 9.59 Å². The van der Waals surface area contributed by atoms with Gasteiger partial charge in [0.2, 0.25) is 0 Å². The number of H-pyrrole nitrogens is 2. The largest absolute Gasteiger partial charge is 0.469 e. The zero-order chi connectivity index (χ0) is 36.3. The van der Waals surface area contributed by atoms with Gasteiger partial charge in [-0.25, -0.2) is 9.97 Å². The zero-order valence-electron chi connectivity index (χ0n) is 31.1. The third-order valence-corrected chi connectivity index (χ3v) is 10.2. The van der Waals surface area contributed by atoms with Crippen molar-refractivity contribution in [1.82, 2.24) is 19.9 Å². The van der Waals surface area contributed by atoms with Gasteiger partial charge in [-0.15, -0.1) is 0 Å². The normalized spacial score (nSPS) is 14.3.